The minimum Gasteiger partial charge on any atom is -0.505 e. The van der Waals surface area contributed by atoms with Gasteiger partial charge in [0.25, 0.3) is 0 Å². The number of nitrogens with zero attached hydrogens (tertiary/aromatic N) is 1. The number of phenolic OH excluding ortho intramolecular Hbond substituents is 1. The molecule has 0 spiro atoms. The molecule has 0 unspecified atom stereocenters. The van der Waals surface area contributed by atoms with E-state index in [2.05, 4.69) is 10.3 Å². The highest BCUT2D eigenvalue weighted by atomic mass is 35.5. The Morgan fingerprint density at radius 2 is 2.15 bits per heavy atom. The van der Waals surface area contributed by atoms with Crippen molar-refractivity contribution < 1.29 is 9.50 Å². The SMILES string of the molecule is Oc1ccc(CNc2c(Cl)ccc3scnc23)cc1F. The molecule has 3 nitrogen and oxygen atoms in total. The summed E-state index contributed by atoms with van der Waals surface area (Å²) in [6, 6.07) is 8.00. The van der Waals surface area contributed by atoms with Gasteiger partial charge in [-0.1, -0.05) is 17.7 Å². The van der Waals surface area contributed by atoms with Gasteiger partial charge in [-0.25, -0.2) is 9.37 Å². The summed E-state index contributed by atoms with van der Waals surface area (Å²) in [6.45, 7) is 0.396. The molecule has 0 atom stereocenters. The Morgan fingerprint density at radius 3 is 2.95 bits per heavy atom. The van der Waals surface area contributed by atoms with E-state index in [0.29, 0.717) is 17.1 Å². The summed E-state index contributed by atoms with van der Waals surface area (Å²) in [5.74, 6) is -0.990. The molecule has 0 aliphatic rings. The van der Waals surface area contributed by atoms with E-state index in [-0.39, 0.29) is 5.75 Å². The van der Waals surface area contributed by atoms with Crippen molar-refractivity contribution in [1.82, 2.24) is 4.98 Å². The van der Waals surface area contributed by atoms with Gasteiger partial charge in [0.1, 0.15) is 5.52 Å². The standard InChI is InChI=1S/C14H10ClFN2OS/c15-9-2-4-12-14(18-7-20-12)13(9)17-6-8-1-3-11(19)10(16)5-8/h1-5,7,17,19H,6H2. The number of benzene rings is 2. The number of nitrogens with one attached hydrogen (secondary N) is 1. The number of hydrogen-bond acceptors (Lipinski definition) is 4. The van der Waals surface area contributed by atoms with Crippen LogP contribution < -0.4 is 5.32 Å². The van der Waals surface area contributed by atoms with E-state index >= 15 is 0 Å². The van der Waals surface area contributed by atoms with Crippen molar-refractivity contribution in [3.63, 3.8) is 0 Å². The number of hydrogen-bond donors (Lipinski definition) is 2. The number of fused-ring (bicyclic) bond motifs is 1. The van der Waals surface area contributed by atoms with Crippen LogP contribution in [0.25, 0.3) is 10.2 Å². The van der Waals surface area contributed by atoms with Gasteiger partial charge in [0.05, 0.1) is 20.9 Å². The molecule has 3 aromatic rings. The van der Waals surface area contributed by atoms with Gasteiger partial charge >= 0.3 is 0 Å². The molecule has 2 aromatic carbocycles. The second-order valence-electron chi connectivity index (χ2n) is 4.26. The van der Waals surface area contributed by atoms with Crippen LogP contribution in [0.15, 0.2) is 35.8 Å². The Hall–Kier alpha value is -1.85. The fourth-order valence-electron chi connectivity index (χ4n) is 1.93. The largest absolute Gasteiger partial charge is 0.505 e. The van der Waals surface area contributed by atoms with Gasteiger partial charge in [-0.15, -0.1) is 11.3 Å². The van der Waals surface area contributed by atoms with Crippen LogP contribution in [-0.2, 0) is 6.54 Å². The number of rotatable bonds is 3. The number of aromatic hydroxyl groups is 1. The first-order valence-corrected chi connectivity index (χ1v) is 7.14. The first-order valence-electron chi connectivity index (χ1n) is 5.88. The van der Waals surface area contributed by atoms with E-state index < -0.39 is 5.82 Å². The second-order valence-corrected chi connectivity index (χ2v) is 5.55. The van der Waals surface area contributed by atoms with Crippen molar-refractivity contribution in [2.45, 2.75) is 6.54 Å². The fourth-order valence-corrected chi connectivity index (χ4v) is 2.83. The molecule has 102 valence electrons. The molecule has 0 fully saturated rings. The molecule has 0 aliphatic heterocycles. The maximum absolute atomic E-state index is 13.3. The van der Waals surface area contributed by atoms with Crippen LogP contribution in [-0.4, -0.2) is 10.1 Å². The van der Waals surface area contributed by atoms with Gasteiger partial charge in [0.15, 0.2) is 11.6 Å². The summed E-state index contributed by atoms with van der Waals surface area (Å²) >= 11 is 7.70. The number of halogens is 2. The summed E-state index contributed by atoms with van der Waals surface area (Å²) in [6.07, 6.45) is 0. The number of aromatic nitrogens is 1. The Morgan fingerprint density at radius 1 is 1.30 bits per heavy atom. The molecular formula is C14H10ClFN2OS. The highest BCUT2D eigenvalue weighted by Crippen LogP contribution is 2.32. The van der Waals surface area contributed by atoms with Gasteiger partial charge in [-0.05, 0) is 29.8 Å². The van der Waals surface area contributed by atoms with Gasteiger partial charge in [-0.3, -0.25) is 0 Å². The van der Waals surface area contributed by atoms with Crippen LogP contribution in [0.4, 0.5) is 10.1 Å². The lowest BCUT2D eigenvalue weighted by Gasteiger charge is -2.09. The summed E-state index contributed by atoms with van der Waals surface area (Å²) in [5, 5.41) is 12.9. The normalized spacial score (nSPS) is 10.9. The first kappa shape index (κ1) is 13.1. The Balaban J connectivity index is 1.88. The predicted octanol–water partition coefficient (Wildman–Crippen LogP) is 4.41. The smallest absolute Gasteiger partial charge is 0.165 e. The van der Waals surface area contributed by atoms with Crippen molar-refractivity contribution in [1.29, 1.82) is 0 Å². The molecule has 0 bridgehead atoms. The van der Waals surface area contributed by atoms with Gasteiger partial charge in [0, 0.05) is 6.54 Å². The quantitative estimate of drug-likeness (QED) is 0.753. The summed E-state index contributed by atoms with van der Waals surface area (Å²) in [5.41, 5.74) is 4.01. The van der Waals surface area contributed by atoms with Crippen molar-refractivity contribution >= 4 is 38.8 Å². The second kappa shape index (κ2) is 5.26. The van der Waals surface area contributed by atoms with Crippen LogP contribution in [0.2, 0.25) is 5.02 Å². The maximum Gasteiger partial charge on any atom is 0.165 e. The fraction of sp³-hybridized carbons (Fsp3) is 0.0714. The van der Waals surface area contributed by atoms with Crippen LogP contribution in [0.3, 0.4) is 0 Å². The van der Waals surface area contributed by atoms with E-state index in [1.165, 1.54) is 23.5 Å². The lowest BCUT2D eigenvalue weighted by atomic mass is 10.2. The molecule has 6 heteroatoms. The lowest BCUT2D eigenvalue weighted by Crippen LogP contribution is -2.01. The van der Waals surface area contributed by atoms with E-state index in [1.54, 1.807) is 11.6 Å². The average molecular weight is 309 g/mol. The summed E-state index contributed by atoms with van der Waals surface area (Å²) in [7, 11) is 0. The van der Waals surface area contributed by atoms with Crippen molar-refractivity contribution in [3.05, 3.63) is 52.2 Å². The monoisotopic (exact) mass is 308 g/mol. The van der Waals surface area contributed by atoms with E-state index in [9.17, 15) is 4.39 Å². The zero-order valence-corrected chi connectivity index (χ0v) is 11.8. The van der Waals surface area contributed by atoms with E-state index in [4.69, 9.17) is 16.7 Å². The first-order chi connectivity index (χ1) is 9.65. The average Bonchev–Trinajstić information content (AvgIpc) is 2.90. The minimum atomic E-state index is -0.637. The molecule has 0 saturated carbocycles. The Bertz CT molecular complexity index is 775. The van der Waals surface area contributed by atoms with Gasteiger partial charge in [-0.2, -0.15) is 0 Å². The van der Waals surface area contributed by atoms with Crippen LogP contribution in [0, 0.1) is 5.82 Å². The van der Waals surface area contributed by atoms with Crippen molar-refractivity contribution in [2.75, 3.05) is 5.32 Å². The van der Waals surface area contributed by atoms with Crippen LogP contribution >= 0.6 is 22.9 Å². The van der Waals surface area contributed by atoms with Crippen LogP contribution in [0.5, 0.6) is 5.75 Å². The molecule has 20 heavy (non-hydrogen) atoms. The lowest BCUT2D eigenvalue weighted by molar-refractivity contribution is 0.432. The maximum atomic E-state index is 13.3. The Labute approximate surface area is 123 Å². The van der Waals surface area contributed by atoms with Gasteiger partial charge in [0.2, 0.25) is 0 Å². The summed E-state index contributed by atoms with van der Waals surface area (Å²) in [4.78, 5) is 4.28. The third-order valence-corrected chi connectivity index (χ3v) is 4.04. The molecule has 1 aromatic heterocycles. The molecule has 0 saturated heterocycles. The molecular weight excluding hydrogens is 299 g/mol. The topological polar surface area (TPSA) is 45.1 Å². The Kier molecular flexibility index (Phi) is 3.46. The van der Waals surface area contributed by atoms with Crippen molar-refractivity contribution in [3.8, 4) is 5.75 Å². The van der Waals surface area contributed by atoms with Gasteiger partial charge < -0.3 is 10.4 Å². The number of thiazole rings is 1. The highest BCUT2D eigenvalue weighted by molar-refractivity contribution is 7.16. The third-order valence-electron chi connectivity index (χ3n) is 2.93. The number of anilines is 1. The van der Waals surface area contributed by atoms with Crippen molar-refractivity contribution in [2.24, 2.45) is 0 Å². The predicted molar refractivity (Wildman–Crippen MR) is 80.0 cm³/mol. The van der Waals surface area contributed by atoms with Crippen LogP contribution in [0.1, 0.15) is 5.56 Å². The minimum absolute atomic E-state index is 0.353. The van der Waals surface area contributed by atoms with E-state index in [1.807, 2.05) is 12.1 Å². The summed E-state index contributed by atoms with van der Waals surface area (Å²) < 4.78 is 14.3. The highest BCUT2D eigenvalue weighted by Gasteiger charge is 2.09. The zero-order valence-electron chi connectivity index (χ0n) is 10.2. The molecule has 0 aliphatic carbocycles. The molecule has 0 radical (unpaired) electrons. The molecule has 0 amide bonds. The molecule has 3 rings (SSSR count). The molecule has 2 N–H and O–H groups in total. The molecule has 1 heterocycles. The zero-order chi connectivity index (χ0) is 14.1. The van der Waals surface area contributed by atoms with E-state index in [0.717, 1.165) is 15.9 Å². The third kappa shape index (κ3) is 2.42. The number of phenols is 1.